The quantitative estimate of drug-likeness (QED) is 0.799. The van der Waals surface area contributed by atoms with Gasteiger partial charge in [-0.05, 0) is 23.6 Å². The van der Waals surface area contributed by atoms with Crippen molar-refractivity contribution in [3.63, 3.8) is 0 Å². The maximum absolute atomic E-state index is 11.4. The number of ether oxygens (including phenoxy) is 1. The van der Waals surface area contributed by atoms with Gasteiger partial charge in [-0.25, -0.2) is 0 Å². The molecule has 5 heteroatoms. The Kier molecular flexibility index (Phi) is 4.71. The second-order valence-corrected chi connectivity index (χ2v) is 4.03. The molecule has 2 amide bonds. The highest BCUT2D eigenvalue weighted by atomic mass is 16.5. The zero-order valence-electron chi connectivity index (χ0n) is 10.9. The molecule has 0 aliphatic heterocycles. The highest BCUT2D eigenvalue weighted by Gasteiger charge is 2.15. The van der Waals surface area contributed by atoms with Gasteiger partial charge < -0.3 is 15.4 Å². The Balaban J connectivity index is 2.85. The molecular weight excluding hydrogens is 232 g/mol. The fourth-order valence-electron chi connectivity index (χ4n) is 1.74. The zero-order chi connectivity index (χ0) is 13.7. The molecule has 0 spiro atoms. The molecule has 0 saturated heterocycles. The van der Waals surface area contributed by atoms with E-state index in [1.54, 1.807) is 14.2 Å². The molecule has 0 aliphatic carbocycles. The van der Waals surface area contributed by atoms with Gasteiger partial charge in [0.1, 0.15) is 5.75 Å². The van der Waals surface area contributed by atoms with Crippen molar-refractivity contribution in [2.45, 2.75) is 19.9 Å². The normalized spacial score (nSPS) is 9.94. The number of hydrogen-bond acceptors (Lipinski definition) is 3. The molecule has 98 valence electrons. The summed E-state index contributed by atoms with van der Waals surface area (Å²) in [7, 11) is 3.17. The number of likely N-dealkylation sites (N-methyl/N-ethyl adjacent to an activating group) is 1. The molecule has 0 fully saturated rings. The van der Waals surface area contributed by atoms with Crippen LogP contribution in [0.4, 0.5) is 0 Å². The number of aryl methyl sites for hydroxylation is 1. The molecule has 0 heterocycles. The Bertz CT molecular complexity index is 458. The van der Waals surface area contributed by atoms with Crippen LogP contribution in [0.5, 0.6) is 5.75 Å². The second-order valence-electron chi connectivity index (χ2n) is 4.03. The van der Waals surface area contributed by atoms with Gasteiger partial charge in [-0.15, -0.1) is 0 Å². The summed E-state index contributed by atoms with van der Waals surface area (Å²) >= 11 is 0. The van der Waals surface area contributed by atoms with E-state index in [2.05, 4.69) is 0 Å². The van der Waals surface area contributed by atoms with Gasteiger partial charge in [0.15, 0.2) is 0 Å². The van der Waals surface area contributed by atoms with Crippen molar-refractivity contribution in [1.29, 1.82) is 0 Å². The van der Waals surface area contributed by atoms with Crippen LogP contribution in [-0.4, -0.2) is 30.9 Å². The van der Waals surface area contributed by atoms with Gasteiger partial charge in [0.2, 0.25) is 0 Å². The van der Waals surface area contributed by atoms with Crippen molar-refractivity contribution < 1.29 is 14.3 Å². The van der Waals surface area contributed by atoms with Crippen molar-refractivity contribution in [2.75, 3.05) is 14.2 Å². The maximum atomic E-state index is 11.4. The summed E-state index contributed by atoms with van der Waals surface area (Å²) in [6, 6.07) is 5.68. The number of primary amides is 1. The van der Waals surface area contributed by atoms with Gasteiger partial charge in [-0.2, -0.15) is 0 Å². The van der Waals surface area contributed by atoms with Crippen LogP contribution in [0.1, 0.15) is 18.1 Å². The molecular formula is C13H18N2O3. The molecule has 1 aromatic carbocycles. The lowest BCUT2D eigenvalue weighted by atomic mass is 10.1. The first kappa shape index (κ1) is 14.0. The van der Waals surface area contributed by atoms with Gasteiger partial charge >= 0.3 is 11.8 Å². The van der Waals surface area contributed by atoms with Crippen molar-refractivity contribution in [3.8, 4) is 5.75 Å². The van der Waals surface area contributed by atoms with Gasteiger partial charge in [-0.1, -0.05) is 19.1 Å². The highest BCUT2D eigenvalue weighted by molar-refractivity contribution is 6.34. The largest absolute Gasteiger partial charge is 0.496 e. The molecule has 0 bridgehead atoms. The summed E-state index contributed by atoms with van der Waals surface area (Å²) in [5.74, 6) is -0.810. The third kappa shape index (κ3) is 3.23. The average Bonchev–Trinajstić information content (AvgIpc) is 2.37. The van der Waals surface area contributed by atoms with Crippen LogP contribution in [-0.2, 0) is 22.6 Å². The number of rotatable bonds is 4. The lowest BCUT2D eigenvalue weighted by molar-refractivity contribution is -0.143. The van der Waals surface area contributed by atoms with Crippen LogP contribution in [0.25, 0.3) is 0 Å². The first-order chi connectivity index (χ1) is 8.49. The second kappa shape index (κ2) is 6.05. The molecule has 0 atom stereocenters. The van der Waals surface area contributed by atoms with E-state index < -0.39 is 11.8 Å². The van der Waals surface area contributed by atoms with E-state index in [-0.39, 0.29) is 0 Å². The molecule has 0 radical (unpaired) electrons. The van der Waals surface area contributed by atoms with Crippen LogP contribution >= 0.6 is 0 Å². The molecule has 2 N–H and O–H groups in total. The first-order valence-corrected chi connectivity index (χ1v) is 5.70. The minimum Gasteiger partial charge on any atom is -0.496 e. The Hall–Kier alpha value is -2.04. The summed E-state index contributed by atoms with van der Waals surface area (Å²) in [6.45, 7) is 2.37. The van der Waals surface area contributed by atoms with Crippen LogP contribution in [0, 0.1) is 0 Å². The summed E-state index contributed by atoms with van der Waals surface area (Å²) in [4.78, 5) is 23.4. The number of benzene rings is 1. The molecule has 18 heavy (non-hydrogen) atoms. The molecule has 1 aromatic rings. The van der Waals surface area contributed by atoms with Crippen LogP contribution in [0.15, 0.2) is 18.2 Å². The minimum absolute atomic E-state index is 0.346. The van der Waals surface area contributed by atoms with E-state index >= 15 is 0 Å². The van der Waals surface area contributed by atoms with Crippen LogP contribution in [0.3, 0.4) is 0 Å². The molecule has 0 unspecified atom stereocenters. The number of hydrogen-bond donors (Lipinski definition) is 1. The summed E-state index contributed by atoms with van der Waals surface area (Å²) in [6.07, 6.45) is 0.838. The lowest BCUT2D eigenvalue weighted by Crippen LogP contribution is -2.37. The Labute approximate surface area is 107 Å². The van der Waals surface area contributed by atoms with E-state index in [0.29, 0.717) is 6.54 Å². The van der Waals surface area contributed by atoms with Crippen molar-refractivity contribution in [3.05, 3.63) is 29.3 Å². The van der Waals surface area contributed by atoms with Crippen LogP contribution in [0.2, 0.25) is 0 Å². The third-order valence-electron chi connectivity index (χ3n) is 2.70. The van der Waals surface area contributed by atoms with Crippen molar-refractivity contribution in [1.82, 2.24) is 4.90 Å². The smallest absolute Gasteiger partial charge is 0.311 e. The molecule has 5 nitrogen and oxygen atoms in total. The number of nitrogens with zero attached hydrogens (tertiary/aromatic N) is 1. The van der Waals surface area contributed by atoms with E-state index in [1.807, 2.05) is 25.1 Å². The van der Waals surface area contributed by atoms with Crippen molar-refractivity contribution >= 4 is 11.8 Å². The van der Waals surface area contributed by atoms with E-state index in [1.165, 1.54) is 4.90 Å². The molecule has 0 aromatic heterocycles. The first-order valence-electron chi connectivity index (χ1n) is 5.70. The van der Waals surface area contributed by atoms with Gasteiger partial charge in [0.05, 0.1) is 7.11 Å². The van der Waals surface area contributed by atoms with Gasteiger partial charge in [-0.3, -0.25) is 9.59 Å². The minimum atomic E-state index is -0.943. The highest BCUT2D eigenvalue weighted by Crippen LogP contribution is 2.20. The maximum Gasteiger partial charge on any atom is 0.311 e. The predicted octanol–water partition coefficient (Wildman–Crippen LogP) is 0.701. The van der Waals surface area contributed by atoms with E-state index in [0.717, 1.165) is 23.3 Å². The standard InChI is InChI=1S/C13H18N2O3/c1-4-10-7-9(5-6-11(10)18-3)8-15(2)13(17)12(14)16/h5-7H,4,8H2,1-3H3,(H2,14,16). The van der Waals surface area contributed by atoms with E-state index in [9.17, 15) is 9.59 Å². The van der Waals surface area contributed by atoms with Gasteiger partial charge in [0.25, 0.3) is 0 Å². The summed E-state index contributed by atoms with van der Waals surface area (Å²) in [5.41, 5.74) is 6.94. The third-order valence-corrected chi connectivity index (χ3v) is 2.70. The fourth-order valence-corrected chi connectivity index (χ4v) is 1.74. The summed E-state index contributed by atoms with van der Waals surface area (Å²) < 4.78 is 5.23. The number of carbonyl (C=O) groups is 2. The number of amides is 2. The number of methoxy groups -OCH3 is 1. The molecule has 1 rings (SSSR count). The van der Waals surface area contributed by atoms with Crippen LogP contribution < -0.4 is 10.5 Å². The predicted molar refractivity (Wildman–Crippen MR) is 68.0 cm³/mol. The van der Waals surface area contributed by atoms with Crippen molar-refractivity contribution in [2.24, 2.45) is 5.73 Å². The molecule has 0 aliphatic rings. The Morgan fingerprint density at radius 3 is 2.56 bits per heavy atom. The number of carbonyl (C=O) groups excluding carboxylic acids is 2. The van der Waals surface area contributed by atoms with Gasteiger partial charge in [0, 0.05) is 13.6 Å². The SMILES string of the molecule is CCc1cc(CN(C)C(=O)C(N)=O)ccc1OC. The topological polar surface area (TPSA) is 72.6 Å². The molecule has 0 saturated carbocycles. The lowest BCUT2D eigenvalue weighted by Gasteiger charge is -2.16. The number of nitrogens with two attached hydrogens (primary N) is 1. The Morgan fingerprint density at radius 1 is 1.39 bits per heavy atom. The summed E-state index contributed by atoms with van der Waals surface area (Å²) in [5, 5.41) is 0. The van der Waals surface area contributed by atoms with E-state index in [4.69, 9.17) is 10.5 Å². The Morgan fingerprint density at radius 2 is 2.06 bits per heavy atom. The fraction of sp³-hybridized carbons (Fsp3) is 0.385. The average molecular weight is 250 g/mol. The monoisotopic (exact) mass is 250 g/mol. The zero-order valence-corrected chi connectivity index (χ0v) is 10.9.